The molecule has 98 valence electrons. The van der Waals surface area contributed by atoms with Crippen LogP contribution in [0, 0.1) is 5.92 Å². The maximum atomic E-state index is 5.79. The van der Waals surface area contributed by atoms with E-state index in [9.17, 15) is 0 Å². The van der Waals surface area contributed by atoms with Gasteiger partial charge in [0, 0.05) is 30.7 Å². The van der Waals surface area contributed by atoms with Gasteiger partial charge in [-0.05, 0) is 30.7 Å². The molecule has 1 N–H and O–H groups in total. The largest absolute Gasteiger partial charge is 0.476 e. The zero-order valence-electron chi connectivity index (χ0n) is 10.5. The summed E-state index contributed by atoms with van der Waals surface area (Å²) in [5.41, 5.74) is 2.46. The smallest absolute Gasteiger partial charge is 0.233 e. The van der Waals surface area contributed by atoms with Crippen LogP contribution in [0.15, 0.2) is 6.07 Å². The van der Waals surface area contributed by atoms with Crippen molar-refractivity contribution in [3.8, 4) is 5.88 Å². The number of hydrogen-bond acceptors (Lipinski definition) is 5. The minimum Gasteiger partial charge on any atom is -0.476 e. The number of rotatable bonds is 3. The maximum Gasteiger partial charge on any atom is 0.233 e. The zero-order valence-corrected chi connectivity index (χ0v) is 11.3. The predicted octanol–water partition coefficient (Wildman–Crippen LogP) is 1.64. The summed E-state index contributed by atoms with van der Waals surface area (Å²) in [6, 6.07) is 2.07. The quantitative estimate of drug-likeness (QED) is 0.900. The fraction of sp³-hybridized carbons (Fsp3) is 0.692. The molecule has 1 fully saturated rings. The molecule has 0 aliphatic carbocycles. The van der Waals surface area contributed by atoms with Crippen molar-refractivity contribution in [1.29, 1.82) is 0 Å². The third-order valence-electron chi connectivity index (χ3n) is 3.54. The lowest BCUT2D eigenvalue weighted by Gasteiger charge is -2.22. The van der Waals surface area contributed by atoms with E-state index in [1.807, 2.05) is 11.8 Å². The Morgan fingerprint density at radius 3 is 3.33 bits per heavy atom. The van der Waals surface area contributed by atoms with E-state index in [4.69, 9.17) is 4.74 Å². The first-order valence-electron chi connectivity index (χ1n) is 6.68. The fourth-order valence-electron chi connectivity index (χ4n) is 2.46. The molecule has 0 saturated carbocycles. The Morgan fingerprint density at radius 1 is 1.44 bits per heavy atom. The van der Waals surface area contributed by atoms with E-state index in [0.29, 0.717) is 11.8 Å². The number of piperidine rings is 1. The van der Waals surface area contributed by atoms with Crippen LogP contribution >= 0.6 is 11.8 Å². The first kappa shape index (κ1) is 12.2. The highest BCUT2D eigenvalue weighted by Gasteiger charge is 2.16. The molecule has 0 aromatic carbocycles. The van der Waals surface area contributed by atoms with Crippen molar-refractivity contribution in [2.24, 2.45) is 5.92 Å². The first-order valence-corrected chi connectivity index (χ1v) is 7.84. The molecule has 2 aliphatic heterocycles. The second kappa shape index (κ2) is 5.89. The molecule has 3 heterocycles. The molecule has 3 rings (SSSR count). The Balaban J connectivity index is 1.58. The molecule has 1 atom stereocenters. The molecule has 0 bridgehead atoms. The SMILES string of the molecule is c1c(OCC2CCCNC2)nnc2c1CSCC2. The van der Waals surface area contributed by atoms with E-state index in [0.717, 1.165) is 43.3 Å². The van der Waals surface area contributed by atoms with Crippen molar-refractivity contribution in [1.82, 2.24) is 15.5 Å². The molecule has 0 radical (unpaired) electrons. The molecule has 1 aromatic rings. The molecule has 4 nitrogen and oxygen atoms in total. The minimum absolute atomic E-state index is 0.617. The third-order valence-corrected chi connectivity index (χ3v) is 4.55. The van der Waals surface area contributed by atoms with Crippen LogP contribution in [-0.4, -0.2) is 35.6 Å². The van der Waals surface area contributed by atoms with Gasteiger partial charge < -0.3 is 10.1 Å². The van der Waals surface area contributed by atoms with Gasteiger partial charge in [-0.25, -0.2) is 0 Å². The molecule has 18 heavy (non-hydrogen) atoms. The molecule has 1 unspecified atom stereocenters. The Bertz CT molecular complexity index is 407. The topological polar surface area (TPSA) is 47.0 Å². The van der Waals surface area contributed by atoms with Gasteiger partial charge in [0.2, 0.25) is 5.88 Å². The van der Waals surface area contributed by atoms with Crippen LogP contribution in [0.1, 0.15) is 24.1 Å². The number of ether oxygens (including phenoxy) is 1. The number of nitrogens with one attached hydrogen (secondary N) is 1. The van der Waals surface area contributed by atoms with Gasteiger partial charge in [-0.3, -0.25) is 0 Å². The summed E-state index contributed by atoms with van der Waals surface area (Å²) in [6.45, 7) is 2.97. The number of aromatic nitrogens is 2. The van der Waals surface area contributed by atoms with E-state index >= 15 is 0 Å². The first-order chi connectivity index (χ1) is 8.92. The normalized spacial score (nSPS) is 23.4. The Morgan fingerprint density at radius 2 is 2.44 bits per heavy atom. The summed E-state index contributed by atoms with van der Waals surface area (Å²) in [7, 11) is 0. The molecule has 0 amide bonds. The molecule has 1 saturated heterocycles. The number of hydrogen-bond donors (Lipinski definition) is 1. The van der Waals surface area contributed by atoms with E-state index < -0.39 is 0 Å². The number of fused-ring (bicyclic) bond motifs is 1. The lowest BCUT2D eigenvalue weighted by molar-refractivity contribution is 0.210. The second-order valence-electron chi connectivity index (χ2n) is 4.98. The van der Waals surface area contributed by atoms with E-state index in [-0.39, 0.29) is 0 Å². The van der Waals surface area contributed by atoms with E-state index in [1.165, 1.54) is 18.4 Å². The highest BCUT2D eigenvalue weighted by molar-refractivity contribution is 7.98. The van der Waals surface area contributed by atoms with Crippen molar-refractivity contribution in [2.75, 3.05) is 25.4 Å². The van der Waals surface area contributed by atoms with E-state index in [1.54, 1.807) is 0 Å². The van der Waals surface area contributed by atoms with Gasteiger partial charge in [0.25, 0.3) is 0 Å². The van der Waals surface area contributed by atoms with Crippen molar-refractivity contribution in [3.05, 3.63) is 17.3 Å². The Kier molecular flexibility index (Phi) is 4.00. The van der Waals surface area contributed by atoms with Crippen LogP contribution in [0.2, 0.25) is 0 Å². The minimum atomic E-state index is 0.617. The Hall–Kier alpha value is -0.810. The average Bonchev–Trinajstić information content (AvgIpc) is 2.46. The number of nitrogens with zero attached hydrogens (tertiary/aromatic N) is 2. The molecular weight excluding hydrogens is 246 g/mol. The summed E-state index contributed by atoms with van der Waals surface area (Å²) in [4.78, 5) is 0. The predicted molar refractivity (Wildman–Crippen MR) is 73.0 cm³/mol. The fourth-order valence-corrected chi connectivity index (χ4v) is 3.41. The molecule has 1 aromatic heterocycles. The highest BCUT2D eigenvalue weighted by Crippen LogP contribution is 2.25. The van der Waals surface area contributed by atoms with Gasteiger partial charge in [-0.1, -0.05) is 0 Å². The van der Waals surface area contributed by atoms with Crippen LogP contribution in [0.25, 0.3) is 0 Å². The zero-order chi connectivity index (χ0) is 12.2. The molecule has 0 spiro atoms. The van der Waals surface area contributed by atoms with Crippen molar-refractivity contribution in [3.63, 3.8) is 0 Å². The van der Waals surface area contributed by atoms with Gasteiger partial charge in [0.05, 0.1) is 12.3 Å². The third kappa shape index (κ3) is 2.95. The van der Waals surface area contributed by atoms with Gasteiger partial charge >= 0.3 is 0 Å². The number of aryl methyl sites for hydroxylation is 1. The van der Waals surface area contributed by atoms with Crippen molar-refractivity contribution >= 4 is 11.8 Å². The summed E-state index contributed by atoms with van der Waals surface area (Å²) >= 11 is 1.96. The van der Waals surface area contributed by atoms with Gasteiger partial charge in [0.15, 0.2) is 0 Å². The lowest BCUT2D eigenvalue weighted by atomic mass is 10.0. The van der Waals surface area contributed by atoms with Gasteiger partial charge in [-0.2, -0.15) is 16.9 Å². The monoisotopic (exact) mass is 265 g/mol. The van der Waals surface area contributed by atoms with Gasteiger partial charge in [0.1, 0.15) is 0 Å². The van der Waals surface area contributed by atoms with Gasteiger partial charge in [-0.15, -0.1) is 5.10 Å². The maximum absolute atomic E-state index is 5.79. The molecular formula is C13H19N3OS. The number of thioether (sulfide) groups is 1. The van der Waals surface area contributed by atoms with Crippen LogP contribution < -0.4 is 10.1 Å². The average molecular weight is 265 g/mol. The second-order valence-corrected chi connectivity index (χ2v) is 6.09. The lowest BCUT2D eigenvalue weighted by Crippen LogP contribution is -2.33. The Labute approximate surface area is 112 Å². The van der Waals surface area contributed by atoms with Crippen LogP contribution in [0.3, 0.4) is 0 Å². The summed E-state index contributed by atoms with van der Waals surface area (Å²) < 4.78 is 5.79. The van der Waals surface area contributed by atoms with Crippen LogP contribution in [0.5, 0.6) is 5.88 Å². The highest BCUT2D eigenvalue weighted by atomic mass is 32.2. The van der Waals surface area contributed by atoms with Crippen molar-refractivity contribution in [2.45, 2.75) is 25.0 Å². The standard InChI is InChI=1S/C13H19N3OS/c1-2-10(7-14-4-1)8-17-13-6-11-9-18-5-3-12(11)15-16-13/h6,10,14H,1-5,7-9H2. The van der Waals surface area contributed by atoms with Crippen LogP contribution in [0.4, 0.5) is 0 Å². The van der Waals surface area contributed by atoms with E-state index in [2.05, 4.69) is 21.6 Å². The summed E-state index contributed by atoms with van der Waals surface area (Å²) in [5, 5.41) is 11.9. The summed E-state index contributed by atoms with van der Waals surface area (Å²) in [5.74, 6) is 3.52. The molecule has 2 aliphatic rings. The van der Waals surface area contributed by atoms with Crippen LogP contribution in [-0.2, 0) is 12.2 Å². The molecule has 5 heteroatoms. The van der Waals surface area contributed by atoms with Crippen molar-refractivity contribution < 1.29 is 4.74 Å². The summed E-state index contributed by atoms with van der Waals surface area (Å²) in [6.07, 6.45) is 3.54.